The Morgan fingerprint density at radius 3 is 2.22 bits per heavy atom. The van der Waals surface area contributed by atoms with Gasteiger partial charge in [-0.3, -0.25) is 10.1 Å². The first-order chi connectivity index (χ1) is 30.5. The van der Waals surface area contributed by atoms with Gasteiger partial charge in [0.15, 0.2) is 0 Å². The lowest BCUT2D eigenvalue weighted by molar-refractivity contribution is -0.151. The normalized spacial score (nSPS) is 28.2. The zero-order chi connectivity index (χ0) is 45.3. The van der Waals surface area contributed by atoms with Gasteiger partial charge in [-0.05, 0) is 188 Å². The van der Waals surface area contributed by atoms with Crippen LogP contribution in [0.1, 0.15) is 215 Å². The van der Waals surface area contributed by atoms with Crippen molar-refractivity contribution in [2.45, 2.75) is 227 Å². The van der Waals surface area contributed by atoms with Crippen LogP contribution in [0.5, 0.6) is 0 Å². The average molecular weight is 877 g/mol. The van der Waals surface area contributed by atoms with E-state index in [9.17, 15) is 15.0 Å². The second kappa shape index (κ2) is 29.8. The number of carbonyl (C=O) groups excluding carboxylic acids is 1. The summed E-state index contributed by atoms with van der Waals surface area (Å²) in [6, 6.07) is 0. The number of aliphatic hydroxyl groups excluding tert-OH is 2. The molecule has 0 saturated heterocycles. The highest BCUT2D eigenvalue weighted by molar-refractivity contribution is 5.69. The third-order valence-electron chi connectivity index (χ3n) is 16.7. The first-order valence-electron chi connectivity index (χ1n) is 27.1. The number of allylic oxidation sites excluding steroid dienone is 7. The molecule has 4 aliphatic rings. The lowest BCUT2D eigenvalue weighted by Crippen LogP contribution is -2.51. The van der Waals surface area contributed by atoms with Crippen LogP contribution in [0.4, 0.5) is 0 Å². The van der Waals surface area contributed by atoms with Gasteiger partial charge in [0.25, 0.3) is 0 Å². The monoisotopic (exact) mass is 877 g/mol. The molecule has 9 unspecified atom stereocenters. The molecule has 0 spiro atoms. The van der Waals surface area contributed by atoms with Gasteiger partial charge >= 0.3 is 5.97 Å². The first kappa shape index (κ1) is 53.9. The first-order valence-corrected chi connectivity index (χ1v) is 27.1. The van der Waals surface area contributed by atoms with Crippen molar-refractivity contribution in [1.82, 2.24) is 10.2 Å². The molecule has 362 valence electrons. The number of unbranched alkanes of at least 4 members (excludes halogenated alkanes) is 8. The topological polar surface area (TPSA) is 82.0 Å². The zero-order valence-corrected chi connectivity index (χ0v) is 41.9. The molecule has 0 amide bonds. The lowest BCUT2D eigenvalue weighted by atomic mass is 9.47. The number of ether oxygens (including phenoxy) is 1. The summed E-state index contributed by atoms with van der Waals surface area (Å²) in [6.07, 6.45) is 46.7. The minimum atomic E-state index is -0.436. The molecule has 0 aromatic carbocycles. The van der Waals surface area contributed by atoms with Gasteiger partial charge in [-0.15, -0.1) is 0 Å². The standard InChI is InChI=1S/C57H100N2O4/c1-7-8-9-10-11-12-13-14-15-16-17-18-19-20-22-30-54(61)58-40-24-26-42-59(43-44-60)41-25-21-23-31-55(62)63-49-36-38-56(5)48(45-49)32-33-50-52-35-34-51(47(4)29-27-28-46(2)3)57(52,6)39-37-53(50)56/h11-12,14-15,17-18,32,46-47,49-54,58,60-61H,7-10,13,16,19-31,33-45H2,1-6H3/b12-11+,15-14+,18-17+. The number of esters is 1. The third-order valence-corrected chi connectivity index (χ3v) is 16.7. The summed E-state index contributed by atoms with van der Waals surface area (Å²) in [6.45, 7) is 18.4. The van der Waals surface area contributed by atoms with Crippen LogP contribution in [0.15, 0.2) is 48.1 Å². The predicted molar refractivity (Wildman–Crippen MR) is 267 cm³/mol. The summed E-state index contributed by atoms with van der Waals surface area (Å²) in [4.78, 5) is 15.4. The summed E-state index contributed by atoms with van der Waals surface area (Å²) in [5, 5.41) is 23.4. The minimum Gasteiger partial charge on any atom is -0.462 e. The van der Waals surface area contributed by atoms with Gasteiger partial charge in [0.05, 0.1) is 6.61 Å². The number of rotatable bonds is 33. The number of nitrogens with zero attached hydrogens (tertiary/aromatic N) is 1. The quantitative estimate of drug-likeness (QED) is 0.0264. The van der Waals surface area contributed by atoms with E-state index in [0.717, 1.165) is 139 Å². The maximum Gasteiger partial charge on any atom is 0.306 e. The number of hydrogen-bond donors (Lipinski definition) is 3. The van der Waals surface area contributed by atoms with E-state index in [1.807, 2.05) is 0 Å². The Balaban J connectivity index is 1.02. The number of fused-ring (bicyclic) bond motifs is 5. The van der Waals surface area contributed by atoms with Crippen LogP contribution < -0.4 is 5.32 Å². The van der Waals surface area contributed by atoms with Crippen molar-refractivity contribution in [3.05, 3.63) is 48.1 Å². The second-order valence-electron chi connectivity index (χ2n) is 21.9. The molecular weight excluding hydrogens is 777 g/mol. The number of carbonyl (C=O) groups is 1. The fourth-order valence-corrected chi connectivity index (χ4v) is 13.0. The second-order valence-corrected chi connectivity index (χ2v) is 21.9. The molecule has 0 radical (unpaired) electrons. The predicted octanol–water partition coefficient (Wildman–Crippen LogP) is 14.1. The summed E-state index contributed by atoms with van der Waals surface area (Å²) < 4.78 is 6.17. The Morgan fingerprint density at radius 1 is 0.794 bits per heavy atom. The van der Waals surface area contributed by atoms with E-state index in [2.05, 4.69) is 94.3 Å². The molecule has 0 aromatic heterocycles. The molecule has 0 bridgehead atoms. The Kier molecular flexibility index (Phi) is 25.5. The van der Waals surface area contributed by atoms with Crippen LogP contribution in [-0.4, -0.2) is 66.2 Å². The molecule has 0 heterocycles. The number of nitrogens with one attached hydrogen (secondary N) is 1. The van der Waals surface area contributed by atoms with E-state index in [1.54, 1.807) is 5.57 Å². The average Bonchev–Trinajstić information content (AvgIpc) is 3.62. The molecule has 63 heavy (non-hydrogen) atoms. The van der Waals surface area contributed by atoms with Crippen molar-refractivity contribution >= 4 is 5.97 Å². The van der Waals surface area contributed by atoms with Gasteiger partial charge in [-0.25, -0.2) is 0 Å². The molecule has 3 saturated carbocycles. The van der Waals surface area contributed by atoms with Crippen LogP contribution in [0.2, 0.25) is 0 Å². The number of hydrogen-bond acceptors (Lipinski definition) is 6. The van der Waals surface area contributed by atoms with Gasteiger partial charge in [0.1, 0.15) is 12.3 Å². The Morgan fingerprint density at radius 2 is 1.51 bits per heavy atom. The van der Waals surface area contributed by atoms with Crippen molar-refractivity contribution < 1.29 is 19.7 Å². The van der Waals surface area contributed by atoms with E-state index in [0.29, 0.717) is 18.4 Å². The van der Waals surface area contributed by atoms with Gasteiger partial charge < -0.3 is 19.8 Å². The van der Waals surface area contributed by atoms with Gasteiger partial charge in [-0.1, -0.05) is 128 Å². The van der Waals surface area contributed by atoms with Crippen molar-refractivity contribution in [2.24, 2.45) is 46.3 Å². The Hall–Kier alpha value is -1.73. The summed E-state index contributed by atoms with van der Waals surface area (Å²) >= 11 is 0. The minimum absolute atomic E-state index is 0.0139. The molecule has 9 atom stereocenters. The van der Waals surface area contributed by atoms with Crippen LogP contribution in [0, 0.1) is 46.3 Å². The van der Waals surface area contributed by atoms with E-state index in [1.165, 1.54) is 83.5 Å². The molecule has 0 aliphatic heterocycles. The summed E-state index contributed by atoms with van der Waals surface area (Å²) in [5.74, 6) is 5.07. The Labute approximate surface area is 389 Å². The zero-order valence-electron chi connectivity index (χ0n) is 41.9. The molecule has 4 rings (SSSR count). The highest BCUT2D eigenvalue weighted by Crippen LogP contribution is 2.67. The van der Waals surface area contributed by atoms with Crippen molar-refractivity contribution in [2.75, 3.05) is 32.8 Å². The highest BCUT2D eigenvalue weighted by atomic mass is 16.5. The smallest absolute Gasteiger partial charge is 0.306 e. The molecule has 6 heteroatoms. The van der Waals surface area contributed by atoms with Crippen molar-refractivity contribution in [3.63, 3.8) is 0 Å². The van der Waals surface area contributed by atoms with E-state index < -0.39 is 6.23 Å². The van der Waals surface area contributed by atoms with Crippen LogP contribution in [0.3, 0.4) is 0 Å². The van der Waals surface area contributed by atoms with Crippen LogP contribution in [-0.2, 0) is 9.53 Å². The fourth-order valence-electron chi connectivity index (χ4n) is 13.0. The van der Waals surface area contributed by atoms with Gasteiger partial charge in [0, 0.05) is 19.4 Å². The molecular formula is C57H100N2O4. The molecule has 6 nitrogen and oxygen atoms in total. The third kappa shape index (κ3) is 18.1. The highest BCUT2D eigenvalue weighted by Gasteiger charge is 2.59. The summed E-state index contributed by atoms with van der Waals surface area (Å²) in [7, 11) is 0. The number of aliphatic hydroxyl groups is 2. The van der Waals surface area contributed by atoms with Gasteiger partial charge in [-0.2, -0.15) is 0 Å². The van der Waals surface area contributed by atoms with Crippen molar-refractivity contribution in [3.8, 4) is 0 Å². The molecule has 3 N–H and O–H groups in total. The lowest BCUT2D eigenvalue weighted by Gasteiger charge is -2.58. The van der Waals surface area contributed by atoms with E-state index in [-0.39, 0.29) is 24.1 Å². The molecule has 0 aromatic rings. The SMILES string of the molecule is CCCCC/C=C/C/C=C/C/C=C/CCCCC(O)NCCCCN(CCO)CCCCCC(=O)OC1CCC2(C)C(=CCC3C2CCC2(C)C(C(C)CCCC(C)C)CCC32)C1. The maximum absolute atomic E-state index is 13.0. The van der Waals surface area contributed by atoms with E-state index in [4.69, 9.17) is 4.74 Å². The molecule has 3 fully saturated rings. The van der Waals surface area contributed by atoms with E-state index >= 15 is 0 Å². The Bertz CT molecular complexity index is 1370. The van der Waals surface area contributed by atoms with Crippen LogP contribution >= 0.6 is 0 Å². The van der Waals surface area contributed by atoms with Gasteiger partial charge in [0.2, 0.25) is 0 Å². The van der Waals surface area contributed by atoms with Crippen LogP contribution in [0.25, 0.3) is 0 Å². The summed E-state index contributed by atoms with van der Waals surface area (Å²) in [5.41, 5.74) is 2.41. The van der Waals surface area contributed by atoms with Crippen molar-refractivity contribution in [1.29, 1.82) is 0 Å². The molecule has 4 aliphatic carbocycles. The largest absolute Gasteiger partial charge is 0.462 e. The fraction of sp³-hybridized carbons (Fsp3) is 0.842. The maximum atomic E-state index is 13.0.